The summed E-state index contributed by atoms with van der Waals surface area (Å²) in [5.74, 6) is 1.25. The van der Waals surface area contributed by atoms with Crippen molar-refractivity contribution in [1.82, 2.24) is 4.90 Å². The number of thioether (sulfide) groups is 1. The summed E-state index contributed by atoms with van der Waals surface area (Å²) in [6, 6.07) is 0. The molecule has 0 aromatic heterocycles. The molecule has 1 saturated heterocycles. The molecule has 12 heavy (non-hydrogen) atoms. The standard InChI is InChI=1S/C9H19NOS/c1-8(11)3-4-10-5-6-12-9(2)7-10/h8-9,11H,3-7H2,1-2H3. The maximum absolute atomic E-state index is 9.12. The summed E-state index contributed by atoms with van der Waals surface area (Å²) in [6.45, 7) is 7.59. The van der Waals surface area contributed by atoms with Crippen molar-refractivity contribution in [3.8, 4) is 0 Å². The zero-order valence-corrected chi connectivity index (χ0v) is 8.81. The van der Waals surface area contributed by atoms with Gasteiger partial charge in [0.1, 0.15) is 0 Å². The lowest BCUT2D eigenvalue weighted by molar-refractivity contribution is 0.157. The maximum Gasteiger partial charge on any atom is 0.0524 e. The number of aliphatic hydroxyl groups excluding tert-OH is 1. The van der Waals surface area contributed by atoms with Gasteiger partial charge >= 0.3 is 0 Å². The van der Waals surface area contributed by atoms with E-state index in [0.29, 0.717) is 0 Å². The third-order valence-corrected chi connectivity index (χ3v) is 3.32. The van der Waals surface area contributed by atoms with Crippen molar-refractivity contribution in [3.05, 3.63) is 0 Å². The van der Waals surface area contributed by atoms with Crippen molar-refractivity contribution in [2.45, 2.75) is 31.6 Å². The predicted octanol–water partition coefficient (Wildman–Crippen LogP) is 1.19. The van der Waals surface area contributed by atoms with Gasteiger partial charge in [0.15, 0.2) is 0 Å². The van der Waals surface area contributed by atoms with Gasteiger partial charge in [-0.15, -0.1) is 0 Å². The van der Waals surface area contributed by atoms with Crippen LogP contribution in [0.15, 0.2) is 0 Å². The van der Waals surface area contributed by atoms with Crippen molar-refractivity contribution in [2.75, 3.05) is 25.4 Å². The molecule has 1 rings (SSSR count). The summed E-state index contributed by atoms with van der Waals surface area (Å²) in [5.41, 5.74) is 0. The zero-order chi connectivity index (χ0) is 8.97. The van der Waals surface area contributed by atoms with Gasteiger partial charge in [-0.05, 0) is 13.3 Å². The van der Waals surface area contributed by atoms with Crippen LogP contribution in [0.25, 0.3) is 0 Å². The molecule has 0 spiro atoms. The molecule has 1 N–H and O–H groups in total. The van der Waals surface area contributed by atoms with Gasteiger partial charge in [0.2, 0.25) is 0 Å². The van der Waals surface area contributed by atoms with E-state index in [2.05, 4.69) is 23.6 Å². The first-order valence-corrected chi connectivity index (χ1v) is 5.75. The summed E-state index contributed by atoms with van der Waals surface area (Å²) >= 11 is 2.05. The van der Waals surface area contributed by atoms with Gasteiger partial charge in [-0.25, -0.2) is 0 Å². The highest BCUT2D eigenvalue weighted by Gasteiger charge is 2.16. The van der Waals surface area contributed by atoms with Crippen molar-refractivity contribution in [2.24, 2.45) is 0 Å². The highest BCUT2D eigenvalue weighted by Crippen LogP contribution is 2.17. The Kier molecular flexibility index (Phi) is 4.40. The normalized spacial score (nSPS) is 28.8. The Bertz CT molecular complexity index is 130. The van der Waals surface area contributed by atoms with Crippen LogP contribution in [-0.4, -0.2) is 46.7 Å². The lowest BCUT2D eigenvalue weighted by atomic mass is 10.2. The van der Waals surface area contributed by atoms with Gasteiger partial charge in [-0.2, -0.15) is 11.8 Å². The van der Waals surface area contributed by atoms with E-state index in [1.54, 1.807) is 0 Å². The van der Waals surface area contributed by atoms with Crippen LogP contribution in [-0.2, 0) is 0 Å². The Labute approximate surface area is 79.3 Å². The van der Waals surface area contributed by atoms with Crippen LogP contribution in [0.3, 0.4) is 0 Å². The van der Waals surface area contributed by atoms with Gasteiger partial charge in [-0.1, -0.05) is 6.92 Å². The monoisotopic (exact) mass is 189 g/mol. The fourth-order valence-electron chi connectivity index (χ4n) is 1.46. The van der Waals surface area contributed by atoms with Crippen LogP contribution < -0.4 is 0 Å². The van der Waals surface area contributed by atoms with Gasteiger partial charge in [0, 0.05) is 30.6 Å². The van der Waals surface area contributed by atoms with Crippen LogP contribution in [0, 0.1) is 0 Å². The minimum atomic E-state index is -0.144. The summed E-state index contributed by atoms with van der Waals surface area (Å²) in [6.07, 6.45) is 0.770. The summed E-state index contributed by atoms with van der Waals surface area (Å²) in [7, 11) is 0. The smallest absolute Gasteiger partial charge is 0.0524 e. The number of rotatable bonds is 3. The minimum absolute atomic E-state index is 0.144. The molecule has 1 fully saturated rings. The van der Waals surface area contributed by atoms with Crippen LogP contribution in [0.4, 0.5) is 0 Å². The molecule has 3 heteroatoms. The molecule has 1 aliphatic heterocycles. The van der Waals surface area contributed by atoms with Crippen molar-refractivity contribution in [3.63, 3.8) is 0 Å². The third kappa shape index (κ3) is 3.78. The Morgan fingerprint density at radius 3 is 3.00 bits per heavy atom. The lowest BCUT2D eigenvalue weighted by Crippen LogP contribution is -2.38. The molecule has 1 aliphatic rings. The van der Waals surface area contributed by atoms with Crippen LogP contribution >= 0.6 is 11.8 Å². The molecule has 0 radical (unpaired) electrons. The number of aliphatic hydroxyl groups is 1. The number of hydrogen-bond donors (Lipinski definition) is 1. The van der Waals surface area contributed by atoms with Gasteiger partial charge in [0.05, 0.1) is 6.10 Å². The van der Waals surface area contributed by atoms with Crippen LogP contribution in [0.5, 0.6) is 0 Å². The average molecular weight is 189 g/mol. The van der Waals surface area contributed by atoms with Gasteiger partial charge < -0.3 is 10.0 Å². The van der Waals surface area contributed by atoms with E-state index in [1.165, 1.54) is 18.8 Å². The molecule has 2 nitrogen and oxygen atoms in total. The van der Waals surface area contributed by atoms with E-state index in [1.807, 2.05) is 6.92 Å². The van der Waals surface area contributed by atoms with Gasteiger partial charge in [-0.3, -0.25) is 0 Å². The molecule has 72 valence electrons. The topological polar surface area (TPSA) is 23.5 Å². The van der Waals surface area contributed by atoms with Crippen LogP contribution in [0.2, 0.25) is 0 Å². The zero-order valence-electron chi connectivity index (χ0n) is 7.99. The first-order chi connectivity index (χ1) is 5.68. The number of nitrogens with zero attached hydrogens (tertiary/aromatic N) is 1. The second-order valence-electron chi connectivity index (χ2n) is 3.62. The lowest BCUT2D eigenvalue weighted by Gasteiger charge is -2.30. The quantitative estimate of drug-likeness (QED) is 0.721. The highest BCUT2D eigenvalue weighted by atomic mass is 32.2. The van der Waals surface area contributed by atoms with Crippen molar-refractivity contribution >= 4 is 11.8 Å². The maximum atomic E-state index is 9.12. The summed E-state index contributed by atoms with van der Waals surface area (Å²) in [4.78, 5) is 2.45. The summed E-state index contributed by atoms with van der Waals surface area (Å²) < 4.78 is 0. The van der Waals surface area contributed by atoms with Crippen LogP contribution in [0.1, 0.15) is 20.3 Å². The average Bonchev–Trinajstić information content (AvgIpc) is 2.01. The molecule has 0 bridgehead atoms. The number of hydrogen-bond acceptors (Lipinski definition) is 3. The van der Waals surface area contributed by atoms with Gasteiger partial charge in [0.25, 0.3) is 0 Å². The largest absolute Gasteiger partial charge is 0.393 e. The fraction of sp³-hybridized carbons (Fsp3) is 1.00. The molecule has 2 atom stereocenters. The predicted molar refractivity (Wildman–Crippen MR) is 54.7 cm³/mol. The molecule has 0 aromatic carbocycles. The molecule has 0 amide bonds. The van der Waals surface area contributed by atoms with E-state index in [0.717, 1.165) is 18.2 Å². The minimum Gasteiger partial charge on any atom is -0.393 e. The Morgan fingerprint density at radius 2 is 2.42 bits per heavy atom. The molecule has 0 aliphatic carbocycles. The molecular formula is C9H19NOS. The Balaban J connectivity index is 2.14. The molecule has 2 unspecified atom stereocenters. The Morgan fingerprint density at radius 1 is 1.67 bits per heavy atom. The van der Waals surface area contributed by atoms with E-state index in [9.17, 15) is 0 Å². The molecule has 0 saturated carbocycles. The van der Waals surface area contributed by atoms with Crippen molar-refractivity contribution in [1.29, 1.82) is 0 Å². The first kappa shape index (κ1) is 10.4. The first-order valence-electron chi connectivity index (χ1n) is 4.70. The fourth-order valence-corrected chi connectivity index (χ4v) is 2.55. The third-order valence-electron chi connectivity index (χ3n) is 2.19. The second kappa shape index (κ2) is 5.10. The second-order valence-corrected chi connectivity index (χ2v) is 5.17. The van der Waals surface area contributed by atoms with E-state index >= 15 is 0 Å². The Hall–Kier alpha value is 0.270. The van der Waals surface area contributed by atoms with E-state index in [-0.39, 0.29) is 6.10 Å². The molecule has 0 aromatic rings. The van der Waals surface area contributed by atoms with Crippen molar-refractivity contribution < 1.29 is 5.11 Å². The van der Waals surface area contributed by atoms with E-state index < -0.39 is 0 Å². The summed E-state index contributed by atoms with van der Waals surface area (Å²) in [5, 5.41) is 9.89. The SMILES string of the molecule is CC(O)CCN1CCSC(C)C1. The van der Waals surface area contributed by atoms with E-state index in [4.69, 9.17) is 5.11 Å². The highest BCUT2D eigenvalue weighted by molar-refractivity contribution is 7.99. The molecule has 1 heterocycles. The molecular weight excluding hydrogens is 170 g/mol.